The Balaban J connectivity index is 2.89. The third-order valence-electron chi connectivity index (χ3n) is 1.98. The molecule has 1 heterocycles. The number of aromatic amines is 1. The summed E-state index contributed by atoms with van der Waals surface area (Å²) in [6.45, 7) is 1.45. The number of rotatable bonds is 5. The average Bonchev–Trinajstić information content (AvgIpc) is 2.13. The molecule has 2 N–H and O–H groups in total. The van der Waals surface area contributed by atoms with Crippen molar-refractivity contribution in [2.45, 2.75) is 17.9 Å². The van der Waals surface area contributed by atoms with Gasteiger partial charge in [-0.15, -0.1) is 0 Å². The highest BCUT2D eigenvalue weighted by Crippen LogP contribution is 2.05. The fourth-order valence-corrected chi connectivity index (χ4v) is 3.69. The Morgan fingerprint density at radius 3 is 2.33 bits per heavy atom. The van der Waals surface area contributed by atoms with Gasteiger partial charge in [-0.2, -0.15) is 0 Å². The summed E-state index contributed by atoms with van der Waals surface area (Å²) in [4.78, 5) is 12.9. The van der Waals surface area contributed by atoms with Crippen molar-refractivity contribution in [1.82, 2.24) is 9.71 Å². The minimum atomic E-state index is -3.83. The van der Waals surface area contributed by atoms with Crippen molar-refractivity contribution in [3.63, 3.8) is 0 Å². The molecule has 0 bridgehead atoms. The number of aromatic nitrogens is 1. The number of H-pyrrole nitrogens is 1. The number of nitrogens with one attached hydrogen (secondary N) is 2. The van der Waals surface area contributed by atoms with E-state index in [0.717, 1.165) is 24.6 Å². The van der Waals surface area contributed by atoms with Crippen LogP contribution in [0.5, 0.6) is 0 Å². The van der Waals surface area contributed by atoms with Crippen molar-refractivity contribution in [3.05, 3.63) is 28.7 Å². The Kier molecular flexibility index (Phi) is 4.30. The first-order chi connectivity index (χ1) is 8.10. The largest absolute Gasteiger partial charge is 0.328 e. The lowest BCUT2D eigenvalue weighted by atomic mass is 10.4. The van der Waals surface area contributed by atoms with Crippen molar-refractivity contribution in [2.24, 2.45) is 0 Å². The molecule has 0 aromatic carbocycles. The van der Waals surface area contributed by atoms with Crippen LogP contribution in [0.4, 0.5) is 0 Å². The average molecular weight is 294 g/mol. The Morgan fingerprint density at radius 2 is 1.89 bits per heavy atom. The first-order valence-electron chi connectivity index (χ1n) is 4.99. The maximum Gasteiger partial charge on any atom is 0.247 e. The van der Waals surface area contributed by atoms with E-state index >= 15 is 0 Å². The Labute approximate surface area is 105 Å². The second kappa shape index (κ2) is 5.21. The van der Waals surface area contributed by atoms with E-state index in [1.807, 2.05) is 0 Å². The molecule has 0 aliphatic carbocycles. The van der Waals surface area contributed by atoms with E-state index in [1.54, 1.807) is 0 Å². The minimum Gasteiger partial charge on any atom is -0.328 e. The standard InChI is InChI=1S/C9H14N2O5S2/c1-7(6-17(2,13)14)11-18(15,16)8-3-4-9(12)10-5-8/h3-5,7,11H,6H2,1-2H3,(H,10,12). The quantitative estimate of drug-likeness (QED) is 0.729. The van der Waals surface area contributed by atoms with Crippen LogP contribution in [0.15, 0.2) is 28.0 Å². The Morgan fingerprint density at radius 1 is 1.28 bits per heavy atom. The van der Waals surface area contributed by atoms with Crippen LogP contribution in [-0.4, -0.2) is 39.9 Å². The molecule has 0 saturated heterocycles. The van der Waals surface area contributed by atoms with Gasteiger partial charge in [-0.25, -0.2) is 21.6 Å². The lowest BCUT2D eigenvalue weighted by Gasteiger charge is -2.12. The Bertz CT molecular complexity index is 655. The van der Waals surface area contributed by atoms with E-state index in [9.17, 15) is 21.6 Å². The molecule has 1 unspecified atom stereocenters. The normalized spacial score (nSPS) is 14.3. The van der Waals surface area contributed by atoms with Gasteiger partial charge in [0.05, 0.1) is 10.6 Å². The molecular formula is C9H14N2O5S2. The van der Waals surface area contributed by atoms with Gasteiger partial charge in [0.25, 0.3) is 0 Å². The van der Waals surface area contributed by atoms with Gasteiger partial charge < -0.3 is 4.98 Å². The van der Waals surface area contributed by atoms with Crippen LogP contribution in [0.1, 0.15) is 6.92 Å². The molecule has 1 aromatic rings. The predicted molar refractivity (Wildman–Crippen MR) is 66.6 cm³/mol. The van der Waals surface area contributed by atoms with Crippen molar-refractivity contribution < 1.29 is 16.8 Å². The summed E-state index contributed by atoms with van der Waals surface area (Å²) >= 11 is 0. The van der Waals surface area contributed by atoms with Crippen LogP contribution in [0.25, 0.3) is 0 Å². The van der Waals surface area contributed by atoms with E-state index in [2.05, 4.69) is 9.71 Å². The van der Waals surface area contributed by atoms with Crippen LogP contribution < -0.4 is 10.3 Å². The molecule has 0 aliphatic rings. The number of hydrogen-bond donors (Lipinski definition) is 2. The summed E-state index contributed by atoms with van der Waals surface area (Å²) < 4.78 is 47.9. The van der Waals surface area contributed by atoms with E-state index in [-0.39, 0.29) is 10.6 Å². The molecule has 0 spiro atoms. The molecule has 0 amide bonds. The second-order valence-electron chi connectivity index (χ2n) is 4.00. The van der Waals surface area contributed by atoms with Crippen LogP contribution in [0.3, 0.4) is 0 Å². The summed E-state index contributed by atoms with van der Waals surface area (Å²) in [6.07, 6.45) is 2.08. The lowest BCUT2D eigenvalue weighted by Crippen LogP contribution is -2.37. The van der Waals surface area contributed by atoms with E-state index in [4.69, 9.17) is 0 Å². The summed E-state index contributed by atoms with van der Waals surface area (Å²) in [6, 6.07) is 1.47. The highest BCUT2D eigenvalue weighted by Gasteiger charge is 2.19. The number of hydrogen-bond acceptors (Lipinski definition) is 5. The molecule has 102 valence electrons. The SMILES string of the molecule is CC(CS(C)(=O)=O)NS(=O)(=O)c1ccc(=O)[nH]c1. The summed E-state index contributed by atoms with van der Waals surface area (Å²) in [7, 11) is -7.10. The van der Waals surface area contributed by atoms with Gasteiger partial charge in [-0.05, 0) is 13.0 Å². The van der Waals surface area contributed by atoms with E-state index < -0.39 is 31.5 Å². The predicted octanol–water partition coefficient (Wildman–Crippen LogP) is -0.914. The van der Waals surface area contributed by atoms with E-state index in [0.29, 0.717) is 0 Å². The van der Waals surface area contributed by atoms with Crippen molar-refractivity contribution in [3.8, 4) is 0 Å². The minimum absolute atomic E-state index is 0.123. The first kappa shape index (κ1) is 14.9. The molecule has 0 fully saturated rings. The third-order valence-corrected chi connectivity index (χ3v) is 4.67. The van der Waals surface area contributed by atoms with Gasteiger partial charge in [0.2, 0.25) is 15.6 Å². The first-order valence-corrected chi connectivity index (χ1v) is 8.53. The number of sulfonamides is 1. The fourth-order valence-electron chi connectivity index (χ4n) is 1.38. The Hall–Kier alpha value is -1.19. The molecule has 9 heteroatoms. The van der Waals surface area contributed by atoms with Crippen LogP contribution in [0.2, 0.25) is 0 Å². The lowest BCUT2D eigenvalue weighted by molar-refractivity contribution is 0.564. The van der Waals surface area contributed by atoms with Gasteiger partial charge >= 0.3 is 0 Å². The highest BCUT2D eigenvalue weighted by atomic mass is 32.2. The molecule has 1 rings (SSSR count). The molecule has 7 nitrogen and oxygen atoms in total. The topological polar surface area (TPSA) is 113 Å². The number of sulfone groups is 1. The molecule has 0 radical (unpaired) electrons. The molecule has 1 atom stereocenters. The summed E-state index contributed by atoms with van der Waals surface area (Å²) in [5.74, 6) is -0.296. The van der Waals surface area contributed by atoms with Crippen LogP contribution >= 0.6 is 0 Å². The van der Waals surface area contributed by atoms with Gasteiger partial charge in [0.15, 0.2) is 0 Å². The van der Waals surface area contributed by atoms with Crippen molar-refractivity contribution in [1.29, 1.82) is 0 Å². The summed E-state index contributed by atoms with van der Waals surface area (Å²) in [5, 5.41) is 0. The van der Waals surface area contributed by atoms with Gasteiger partial charge in [-0.3, -0.25) is 4.79 Å². The van der Waals surface area contributed by atoms with Crippen molar-refractivity contribution in [2.75, 3.05) is 12.0 Å². The third kappa shape index (κ3) is 4.59. The molecule has 0 aliphatic heterocycles. The van der Waals surface area contributed by atoms with E-state index in [1.165, 1.54) is 6.92 Å². The highest BCUT2D eigenvalue weighted by molar-refractivity contribution is 7.91. The molecule has 1 aromatic heterocycles. The van der Waals surface area contributed by atoms with Crippen molar-refractivity contribution >= 4 is 19.9 Å². The fraction of sp³-hybridized carbons (Fsp3) is 0.444. The number of pyridine rings is 1. The maximum atomic E-state index is 11.8. The zero-order chi connectivity index (χ0) is 14.0. The van der Waals surface area contributed by atoms with Gasteiger partial charge in [0, 0.05) is 24.6 Å². The second-order valence-corrected chi connectivity index (χ2v) is 7.90. The summed E-state index contributed by atoms with van der Waals surface area (Å²) in [5.41, 5.74) is -0.418. The molecule has 0 saturated carbocycles. The van der Waals surface area contributed by atoms with Crippen LogP contribution in [0, 0.1) is 0 Å². The zero-order valence-corrected chi connectivity index (χ0v) is 11.5. The maximum absolute atomic E-state index is 11.8. The smallest absolute Gasteiger partial charge is 0.247 e. The monoisotopic (exact) mass is 294 g/mol. The molecular weight excluding hydrogens is 280 g/mol. The van der Waals surface area contributed by atoms with Gasteiger partial charge in [0.1, 0.15) is 9.84 Å². The van der Waals surface area contributed by atoms with Crippen LogP contribution in [-0.2, 0) is 19.9 Å². The van der Waals surface area contributed by atoms with Gasteiger partial charge in [-0.1, -0.05) is 0 Å². The molecule has 18 heavy (non-hydrogen) atoms. The zero-order valence-electron chi connectivity index (χ0n) is 9.87.